The molecule has 0 aliphatic rings. The average Bonchev–Trinajstić information content (AvgIpc) is 2.91. The monoisotopic (exact) mass is 284 g/mol. The van der Waals surface area contributed by atoms with E-state index in [1.807, 2.05) is 31.4 Å². The normalized spacial score (nSPS) is 11.9. The van der Waals surface area contributed by atoms with Gasteiger partial charge in [-0.05, 0) is 25.3 Å². The number of thiophene rings is 1. The van der Waals surface area contributed by atoms with E-state index in [1.54, 1.807) is 28.2 Å². The predicted molar refractivity (Wildman–Crippen MR) is 75.4 cm³/mol. The molecule has 2 amide bonds. The van der Waals surface area contributed by atoms with E-state index in [0.29, 0.717) is 6.54 Å². The van der Waals surface area contributed by atoms with Crippen molar-refractivity contribution in [3.63, 3.8) is 0 Å². The van der Waals surface area contributed by atoms with E-state index < -0.39 is 5.97 Å². The summed E-state index contributed by atoms with van der Waals surface area (Å²) in [5, 5.41) is 10.7. The molecule has 19 heavy (non-hydrogen) atoms. The maximum absolute atomic E-state index is 12.3. The fraction of sp³-hybridized carbons (Fsp3) is 0.538. The highest BCUT2D eigenvalue weighted by Gasteiger charge is 2.22. The molecule has 0 radical (unpaired) electrons. The molecule has 1 atom stereocenters. The summed E-state index contributed by atoms with van der Waals surface area (Å²) in [5.41, 5.74) is 0. The Morgan fingerprint density at radius 2 is 2.16 bits per heavy atom. The van der Waals surface area contributed by atoms with Crippen LogP contribution in [0.15, 0.2) is 17.5 Å². The van der Waals surface area contributed by atoms with Crippen LogP contribution in [0.3, 0.4) is 0 Å². The SMILES string of the molecule is CCN(CCC(=O)O)C(=O)N(C)C(C)c1cccs1. The number of urea groups is 1. The van der Waals surface area contributed by atoms with Crippen molar-refractivity contribution in [2.75, 3.05) is 20.1 Å². The fourth-order valence-corrected chi connectivity index (χ4v) is 2.55. The number of hydrogen-bond donors (Lipinski definition) is 1. The minimum Gasteiger partial charge on any atom is -0.481 e. The lowest BCUT2D eigenvalue weighted by Gasteiger charge is -2.30. The lowest BCUT2D eigenvalue weighted by molar-refractivity contribution is -0.137. The largest absolute Gasteiger partial charge is 0.481 e. The van der Waals surface area contributed by atoms with Crippen LogP contribution < -0.4 is 0 Å². The minimum atomic E-state index is -0.889. The van der Waals surface area contributed by atoms with Crippen molar-refractivity contribution >= 4 is 23.3 Å². The summed E-state index contributed by atoms with van der Waals surface area (Å²) in [5.74, 6) is -0.889. The van der Waals surface area contributed by atoms with Crippen molar-refractivity contribution in [2.45, 2.75) is 26.3 Å². The second-order valence-electron chi connectivity index (χ2n) is 4.31. The van der Waals surface area contributed by atoms with Gasteiger partial charge in [-0.15, -0.1) is 11.3 Å². The van der Waals surface area contributed by atoms with Gasteiger partial charge < -0.3 is 14.9 Å². The topological polar surface area (TPSA) is 60.9 Å². The zero-order valence-electron chi connectivity index (χ0n) is 11.5. The standard InChI is InChI=1S/C13H20N2O3S/c1-4-15(8-7-12(16)17)13(18)14(3)10(2)11-6-5-9-19-11/h5-6,9-10H,4,7-8H2,1-3H3,(H,16,17). The third-order valence-electron chi connectivity index (χ3n) is 3.09. The van der Waals surface area contributed by atoms with E-state index in [2.05, 4.69) is 0 Å². The maximum Gasteiger partial charge on any atom is 0.320 e. The average molecular weight is 284 g/mol. The first-order valence-electron chi connectivity index (χ1n) is 6.24. The van der Waals surface area contributed by atoms with Gasteiger partial charge in [0.15, 0.2) is 0 Å². The summed E-state index contributed by atoms with van der Waals surface area (Å²) in [6.07, 6.45) is -0.0270. The zero-order chi connectivity index (χ0) is 14.4. The Morgan fingerprint density at radius 1 is 1.47 bits per heavy atom. The molecule has 0 bridgehead atoms. The number of hydrogen-bond acceptors (Lipinski definition) is 3. The summed E-state index contributed by atoms with van der Waals surface area (Å²) in [6.45, 7) is 4.57. The van der Waals surface area contributed by atoms with Gasteiger partial charge in [-0.1, -0.05) is 6.07 Å². The van der Waals surface area contributed by atoms with E-state index >= 15 is 0 Å². The van der Waals surface area contributed by atoms with Crippen LogP contribution in [0.25, 0.3) is 0 Å². The summed E-state index contributed by atoms with van der Waals surface area (Å²) in [6, 6.07) is 3.81. The van der Waals surface area contributed by atoms with Crippen LogP contribution in [0.4, 0.5) is 4.79 Å². The third-order valence-corrected chi connectivity index (χ3v) is 4.13. The number of carbonyl (C=O) groups is 2. The summed E-state index contributed by atoms with van der Waals surface area (Å²) in [7, 11) is 1.75. The minimum absolute atomic E-state index is 0.00798. The Balaban J connectivity index is 2.65. The Kier molecular flexibility index (Phi) is 5.82. The number of nitrogens with zero attached hydrogens (tertiary/aromatic N) is 2. The second-order valence-corrected chi connectivity index (χ2v) is 5.29. The number of carboxylic acid groups (broad SMARTS) is 1. The van der Waals surface area contributed by atoms with Gasteiger partial charge in [-0.3, -0.25) is 4.79 Å². The number of amides is 2. The lowest BCUT2D eigenvalue weighted by Crippen LogP contribution is -2.42. The Morgan fingerprint density at radius 3 is 2.63 bits per heavy atom. The van der Waals surface area contributed by atoms with Crippen LogP contribution in [-0.2, 0) is 4.79 Å². The van der Waals surface area contributed by atoms with Crippen molar-refractivity contribution in [2.24, 2.45) is 0 Å². The molecule has 1 heterocycles. The molecule has 1 aromatic rings. The van der Waals surface area contributed by atoms with Crippen LogP contribution in [-0.4, -0.2) is 47.0 Å². The van der Waals surface area contributed by atoms with Crippen molar-refractivity contribution in [1.82, 2.24) is 9.80 Å². The first kappa shape index (κ1) is 15.5. The molecule has 0 aliphatic carbocycles. The third kappa shape index (κ3) is 4.24. The van der Waals surface area contributed by atoms with Gasteiger partial charge in [0, 0.05) is 25.0 Å². The molecule has 1 N–H and O–H groups in total. The molecule has 0 spiro atoms. The summed E-state index contributed by atoms with van der Waals surface area (Å²) >= 11 is 1.61. The van der Waals surface area contributed by atoms with Crippen LogP contribution >= 0.6 is 11.3 Å². The van der Waals surface area contributed by atoms with Crippen molar-refractivity contribution in [1.29, 1.82) is 0 Å². The Labute approximate surface area is 117 Å². The Bertz CT molecular complexity index is 420. The highest BCUT2D eigenvalue weighted by atomic mass is 32.1. The molecule has 1 aromatic heterocycles. The van der Waals surface area contributed by atoms with Crippen molar-refractivity contribution in [3.05, 3.63) is 22.4 Å². The Hall–Kier alpha value is -1.56. The van der Waals surface area contributed by atoms with Gasteiger partial charge in [0.05, 0.1) is 12.5 Å². The van der Waals surface area contributed by atoms with Crippen LogP contribution in [0, 0.1) is 0 Å². The quantitative estimate of drug-likeness (QED) is 0.873. The fourth-order valence-electron chi connectivity index (χ4n) is 1.73. The van der Waals surface area contributed by atoms with E-state index in [-0.39, 0.29) is 25.0 Å². The first-order chi connectivity index (χ1) is 8.97. The molecule has 0 saturated heterocycles. The van der Waals surface area contributed by atoms with Gasteiger partial charge in [-0.25, -0.2) is 4.79 Å². The maximum atomic E-state index is 12.3. The highest BCUT2D eigenvalue weighted by Crippen LogP contribution is 2.24. The molecule has 0 saturated carbocycles. The molecule has 106 valence electrons. The van der Waals surface area contributed by atoms with Gasteiger partial charge in [-0.2, -0.15) is 0 Å². The molecule has 0 aromatic carbocycles. The van der Waals surface area contributed by atoms with Gasteiger partial charge in [0.25, 0.3) is 0 Å². The molecular formula is C13H20N2O3S. The first-order valence-corrected chi connectivity index (χ1v) is 7.12. The molecule has 0 aliphatic heterocycles. The molecular weight excluding hydrogens is 264 g/mol. The van der Waals surface area contributed by atoms with Gasteiger partial charge in [0.1, 0.15) is 0 Å². The van der Waals surface area contributed by atoms with E-state index in [9.17, 15) is 9.59 Å². The molecule has 1 unspecified atom stereocenters. The van der Waals surface area contributed by atoms with Crippen LogP contribution in [0.1, 0.15) is 31.2 Å². The van der Waals surface area contributed by atoms with E-state index in [1.165, 1.54) is 0 Å². The van der Waals surface area contributed by atoms with Gasteiger partial charge in [0.2, 0.25) is 0 Å². The number of carboxylic acids is 1. The molecule has 6 heteroatoms. The van der Waals surface area contributed by atoms with Crippen molar-refractivity contribution in [3.8, 4) is 0 Å². The van der Waals surface area contributed by atoms with Crippen LogP contribution in [0.5, 0.6) is 0 Å². The summed E-state index contributed by atoms with van der Waals surface area (Å²) < 4.78 is 0. The molecule has 0 fully saturated rings. The molecule has 5 nitrogen and oxygen atoms in total. The predicted octanol–water partition coefficient (Wildman–Crippen LogP) is 2.66. The zero-order valence-corrected chi connectivity index (χ0v) is 12.3. The second kappa shape index (κ2) is 7.13. The number of carbonyl (C=O) groups excluding carboxylic acids is 1. The molecule has 1 rings (SSSR count). The highest BCUT2D eigenvalue weighted by molar-refractivity contribution is 7.10. The number of aliphatic carboxylic acids is 1. The van der Waals surface area contributed by atoms with Gasteiger partial charge >= 0.3 is 12.0 Å². The summed E-state index contributed by atoms with van der Waals surface area (Å²) in [4.78, 5) is 27.2. The van der Waals surface area contributed by atoms with E-state index in [0.717, 1.165) is 4.88 Å². The van der Waals surface area contributed by atoms with Crippen molar-refractivity contribution < 1.29 is 14.7 Å². The lowest BCUT2D eigenvalue weighted by atomic mass is 10.2. The smallest absolute Gasteiger partial charge is 0.320 e. The van der Waals surface area contributed by atoms with Crippen LogP contribution in [0.2, 0.25) is 0 Å². The number of rotatable bonds is 6. The van der Waals surface area contributed by atoms with E-state index in [4.69, 9.17) is 5.11 Å².